The molecule has 0 unspecified atom stereocenters. The van der Waals surface area contributed by atoms with Crippen LogP contribution in [0.1, 0.15) is 19.8 Å². The molecule has 3 amide bonds. The van der Waals surface area contributed by atoms with Gasteiger partial charge in [-0.25, -0.2) is 9.59 Å². The highest BCUT2D eigenvalue weighted by Crippen LogP contribution is 2.04. The van der Waals surface area contributed by atoms with Gasteiger partial charge in [0.2, 0.25) is 0 Å². The lowest BCUT2D eigenvalue weighted by Crippen LogP contribution is -2.42. The van der Waals surface area contributed by atoms with Crippen LogP contribution < -0.4 is 5.32 Å². The Hall–Kier alpha value is -1.46. The summed E-state index contributed by atoms with van der Waals surface area (Å²) in [5.74, 6) is 0. The molecule has 1 saturated heterocycles. The summed E-state index contributed by atoms with van der Waals surface area (Å²) < 4.78 is 4.67. The minimum absolute atomic E-state index is 0.0430. The normalized spacial score (nSPS) is 16.4. The Bertz CT molecular complexity index is 271. The maximum absolute atomic E-state index is 11.7. The van der Waals surface area contributed by atoms with E-state index >= 15 is 0 Å². The third-order valence-corrected chi connectivity index (χ3v) is 2.74. The van der Waals surface area contributed by atoms with Crippen LogP contribution in [-0.4, -0.2) is 61.8 Å². The lowest BCUT2D eigenvalue weighted by molar-refractivity contribution is 0.125. The standard InChI is InChI=1S/C11H21N3O3/c1-3-5-12-10(15)13-6-4-7-14(9-8-13)11(16)17-2/h3-9H2,1-2H3,(H,12,15). The van der Waals surface area contributed by atoms with Crippen LogP contribution >= 0.6 is 0 Å². The van der Waals surface area contributed by atoms with Gasteiger partial charge in [0.1, 0.15) is 0 Å². The number of carbonyl (C=O) groups is 2. The number of hydrogen-bond acceptors (Lipinski definition) is 3. The van der Waals surface area contributed by atoms with Crippen LogP contribution in [0.2, 0.25) is 0 Å². The number of rotatable bonds is 2. The van der Waals surface area contributed by atoms with Gasteiger partial charge >= 0.3 is 12.1 Å². The molecule has 1 rings (SSSR count). The van der Waals surface area contributed by atoms with Crippen molar-refractivity contribution in [1.29, 1.82) is 0 Å². The zero-order valence-electron chi connectivity index (χ0n) is 10.6. The molecule has 6 heteroatoms. The van der Waals surface area contributed by atoms with Crippen molar-refractivity contribution in [3.8, 4) is 0 Å². The fourth-order valence-electron chi connectivity index (χ4n) is 1.78. The van der Waals surface area contributed by atoms with Gasteiger partial charge in [0, 0.05) is 32.7 Å². The average molecular weight is 243 g/mol. The smallest absolute Gasteiger partial charge is 0.409 e. The molecule has 0 radical (unpaired) electrons. The Kier molecular flexibility index (Phi) is 5.59. The SMILES string of the molecule is CCCNC(=O)N1CCCN(C(=O)OC)CC1. The minimum atomic E-state index is -0.319. The zero-order chi connectivity index (χ0) is 12.7. The molecule has 1 N–H and O–H groups in total. The Morgan fingerprint density at radius 2 is 1.82 bits per heavy atom. The number of ether oxygens (including phenoxy) is 1. The monoisotopic (exact) mass is 243 g/mol. The molecule has 17 heavy (non-hydrogen) atoms. The van der Waals surface area contributed by atoms with Crippen LogP contribution in [0.4, 0.5) is 9.59 Å². The molecule has 0 atom stereocenters. The van der Waals surface area contributed by atoms with Crippen LogP contribution in [0.5, 0.6) is 0 Å². The van der Waals surface area contributed by atoms with Crippen molar-refractivity contribution in [3.63, 3.8) is 0 Å². The molecule has 6 nitrogen and oxygen atoms in total. The predicted octanol–water partition coefficient (Wildman–Crippen LogP) is 0.880. The van der Waals surface area contributed by atoms with Crippen molar-refractivity contribution >= 4 is 12.1 Å². The second-order valence-electron chi connectivity index (χ2n) is 4.03. The second-order valence-corrected chi connectivity index (χ2v) is 4.03. The lowest BCUT2D eigenvalue weighted by atomic mass is 10.4. The van der Waals surface area contributed by atoms with E-state index in [2.05, 4.69) is 10.1 Å². The summed E-state index contributed by atoms with van der Waals surface area (Å²) in [5, 5.41) is 2.84. The van der Waals surface area contributed by atoms with E-state index < -0.39 is 0 Å². The highest BCUT2D eigenvalue weighted by Gasteiger charge is 2.21. The summed E-state index contributed by atoms with van der Waals surface area (Å²) >= 11 is 0. The van der Waals surface area contributed by atoms with E-state index in [1.165, 1.54) is 7.11 Å². The van der Waals surface area contributed by atoms with Gasteiger partial charge in [-0.2, -0.15) is 0 Å². The van der Waals surface area contributed by atoms with Crippen LogP contribution in [0.15, 0.2) is 0 Å². The van der Waals surface area contributed by atoms with E-state index in [1.54, 1.807) is 9.80 Å². The molecule has 1 aliphatic rings. The van der Waals surface area contributed by atoms with E-state index in [-0.39, 0.29) is 12.1 Å². The molecule has 0 saturated carbocycles. The highest BCUT2D eigenvalue weighted by atomic mass is 16.5. The fourth-order valence-corrected chi connectivity index (χ4v) is 1.78. The van der Waals surface area contributed by atoms with Crippen molar-refractivity contribution in [3.05, 3.63) is 0 Å². The topological polar surface area (TPSA) is 61.9 Å². The molecule has 0 spiro atoms. The van der Waals surface area contributed by atoms with E-state index in [0.717, 1.165) is 12.8 Å². The Morgan fingerprint density at radius 1 is 1.18 bits per heavy atom. The number of nitrogens with one attached hydrogen (secondary N) is 1. The third kappa shape index (κ3) is 4.13. The molecule has 0 bridgehead atoms. The third-order valence-electron chi connectivity index (χ3n) is 2.74. The van der Waals surface area contributed by atoms with Crippen molar-refractivity contribution in [2.24, 2.45) is 0 Å². The summed E-state index contributed by atoms with van der Waals surface area (Å²) in [6.07, 6.45) is 1.39. The van der Waals surface area contributed by atoms with Crippen molar-refractivity contribution in [2.45, 2.75) is 19.8 Å². The van der Waals surface area contributed by atoms with Crippen LogP contribution in [0, 0.1) is 0 Å². The molecule has 1 aliphatic heterocycles. The van der Waals surface area contributed by atoms with E-state index in [1.807, 2.05) is 6.92 Å². The van der Waals surface area contributed by atoms with Gasteiger partial charge in [-0.15, -0.1) is 0 Å². The zero-order valence-corrected chi connectivity index (χ0v) is 10.6. The number of methoxy groups -OCH3 is 1. The van der Waals surface area contributed by atoms with Gasteiger partial charge in [-0.05, 0) is 12.8 Å². The number of amides is 3. The lowest BCUT2D eigenvalue weighted by Gasteiger charge is -2.21. The number of carbonyl (C=O) groups excluding carboxylic acids is 2. The first-order valence-corrected chi connectivity index (χ1v) is 6.04. The molecule has 0 aromatic carbocycles. The number of hydrogen-bond donors (Lipinski definition) is 1. The summed E-state index contributed by atoms with van der Waals surface area (Å²) in [6, 6.07) is -0.0430. The van der Waals surface area contributed by atoms with Gasteiger partial charge in [0.25, 0.3) is 0 Å². The Balaban J connectivity index is 2.41. The first kappa shape index (κ1) is 13.6. The molecular formula is C11H21N3O3. The number of urea groups is 1. The van der Waals surface area contributed by atoms with Gasteiger partial charge < -0.3 is 19.9 Å². The van der Waals surface area contributed by atoms with E-state index in [4.69, 9.17) is 0 Å². The van der Waals surface area contributed by atoms with Gasteiger partial charge in [0.05, 0.1) is 7.11 Å². The van der Waals surface area contributed by atoms with Crippen molar-refractivity contribution < 1.29 is 14.3 Å². The Morgan fingerprint density at radius 3 is 2.47 bits per heavy atom. The van der Waals surface area contributed by atoms with E-state index in [0.29, 0.717) is 32.7 Å². The highest BCUT2D eigenvalue weighted by molar-refractivity contribution is 5.74. The first-order valence-electron chi connectivity index (χ1n) is 6.04. The average Bonchev–Trinajstić information content (AvgIpc) is 2.60. The molecule has 0 aliphatic carbocycles. The molecular weight excluding hydrogens is 222 g/mol. The molecule has 1 fully saturated rings. The molecule has 98 valence electrons. The van der Waals surface area contributed by atoms with Crippen LogP contribution in [-0.2, 0) is 4.74 Å². The maximum atomic E-state index is 11.7. The summed E-state index contributed by atoms with van der Waals surface area (Å²) in [5.41, 5.74) is 0. The predicted molar refractivity (Wildman–Crippen MR) is 63.9 cm³/mol. The van der Waals surface area contributed by atoms with Crippen molar-refractivity contribution in [2.75, 3.05) is 39.8 Å². The van der Waals surface area contributed by atoms with Gasteiger partial charge in [-0.3, -0.25) is 0 Å². The quantitative estimate of drug-likeness (QED) is 0.783. The fraction of sp³-hybridized carbons (Fsp3) is 0.818. The number of nitrogens with zero attached hydrogens (tertiary/aromatic N) is 2. The summed E-state index contributed by atoms with van der Waals surface area (Å²) in [4.78, 5) is 26.5. The van der Waals surface area contributed by atoms with Crippen LogP contribution in [0.25, 0.3) is 0 Å². The minimum Gasteiger partial charge on any atom is -0.453 e. The van der Waals surface area contributed by atoms with Crippen molar-refractivity contribution in [1.82, 2.24) is 15.1 Å². The van der Waals surface area contributed by atoms with Gasteiger partial charge in [0.15, 0.2) is 0 Å². The van der Waals surface area contributed by atoms with E-state index in [9.17, 15) is 9.59 Å². The molecule has 0 aromatic heterocycles. The molecule has 0 aromatic rings. The summed E-state index contributed by atoms with van der Waals surface area (Å²) in [7, 11) is 1.37. The maximum Gasteiger partial charge on any atom is 0.409 e. The van der Waals surface area contributed by atoms with Crippen LogP contribution in [0.3, 0.4) is 0 Å². The summed E-state index contributed by atoms with van der Waals surface area (Å²) in [6.45, 7) is 5.13. The Labute approximate surface area is 102 Å². The molecule has 1 heterocycles. The van der Waals surface area contributed by atoms with Gasteiger partial charge in [-0.1, -0.05) is 6.92 Å². The first-order chi connectivity index (χ1) is 8.19. The largest absolute Gasteiger partial charge is 0.453 e. The second kappa shape index (κ2) is 6.98.